The van der Waals surface area contributed by atoms with Gasteiger partial charge >= 0.3 is 0 Å². The lowest BCUT2D eigenvalue weighted by Crippen LogP contribution is -2.47. The van der Waals surface area contributed by atoms with Crippen LogP contribution < -0.4 is 10.6 Å². The van der Waals surface area contributed by atoms with Crippen molar-refractivity contribution in [3.05, 3.63) is 18.2 Å². The SMILES string of the molecule is Cc1nnc2c(NC(C)C(=O)NC(C)(C)C)nccn12. The van der Waals surface area contributed by atoms with Gasteiger partial charge in [0, 0.05) is 17.9 Å². The molecule has 7 nitrogen and oxygen atoms in total. The van der Waals surface area contributed by atoms with E-state index in [0.29, 0.717) is 11.5 Å². The van der Waals surface area contributed by atoms with Gasteiger partial charge in [-0.3, -0.25) is 9.20 Å². The highest BCUT2D eigenvalue weighted by Gasteiger charge is 2.20. The van der Waals surface area contributed by atoms with Crippen molar-refractivity contribution in [1.82, 2.24) is 24.9 Å². The van der Waals surface area contributed by atoms with Crippen molar-refractivity contribution in [2.24, 2.45) is 0 Å². The van der Waals surface area contributed by atoms with Gasteiger partial charge in [0.15, 0.2) is 5.82 Å². The van der Waals surface area contributed by atoms with Gasteiger partial charge in [-0.05, 0) is 34.6 Å². The first-order valence-corrected chi connectivity index (χ1v) is 6.53. The number of amides is 1. The highest BCUT2D eigenvalue weighted by Crippen LogP contribution is 2.13. The van der Waals surface area contributed by atoms with E-state index in [1.807, 2.05) is 32.1 Å². The lowest BCUT2D eigenvalue weighted by atomic mass is 10.1. The Morgan fingerprint density at radius 1 is 1.35 bits per heavy atom. The van der Waals surface area contributed by atoms with Gasteiger partial charge in [0.2, 0.25) is 11.6 Å². The zero-order chi connectivity index (χ0) is 14.9. The second-order valence-corrected chi connectivity index (χ2v) is 5.82. The maximum Gasteiger partial charge on any atom is 0.242 e. The molecule has 0 spiro atoms. The van der Waals surface area contributed by atoms with Gasteiger partial charge in [-0.1, -0.05) is 0 Å². The van der Waals surface area contributed by atoms with E-state index in [-0.39, 0.29) is 11.4 Å². The molecule has 1 unspecified atom stereocenters. The van der Waals surface area contributed by atoms with Crippen LogP contribution in [0.1, 0.15) is 33.5 Å². The largest absolute Gasteiger partial charge is 0.355 e. The molecule has 2 aromatic heterocycles. The summed E-state index contributed by atoms with van der Waals surface area (Å²) < 4.78 is 1.82. The Bertz CT molecular complexity index is 627. The van der Waals surface area contributed by atoms with E-state index >= 15 is 0 Å². The van der Waals surface area contributed by atoms with E-state index in [0.717, 1.165) is 5.82 Å². The van der Waals surface area contributed by atoms with Crippen LogP contribution in [0.25, 0.3) is 5.65 Å². The topological polar surface area (TPSA) is 84.2 Å². The zero-order valence-corrected chi connectivity index (χ0v) is 12.4. The summed E-state index contributed by atoms with van der Waals surface area (Å²) in [6, 6.07) is -0.412. The third kappa shape index (κ3) is 3.04. The number of nitrogens with zero attached hydrogens (tertiary/aromatic N) is 4. The predicted molar refractivity (Wildman–Crippen MR) is 76.5 cm³/mol. The van der Waals surface area contributed by atoms with Gasteiger partial charge < -0.3 is 10.6 Å². The van der Waals surface area contributed by atoms with Crippen molar-refractivity contribution >= 4 is 17.4 Å². The molecule has 108 valence electrons. The van der Waals surface area contributed by atoms with Crippen LogP contribution in [0.3, 0.4) is 0 Å². The van der Waals surface area contributed by atoms with Crippen molar-refractivity contribution in [2.75, 3.05) is 5.32 Å². The van der Waals surface area contributed by atoms with Crippen LogP contribution in [0.5, 0.6) is 0 Å². The minimum atomic E-state index is -0.412. The molecule has 2 heterocycles. The molecule has 2 N–H and O–H groups in total. The van der Waals surface area contributed by atoms with Crippen LogP contribution >= 0.6 is 0 Å². The lowest BCUT2D eigenvalue weighted by molar-refractivity contribution is -0.122. The summed E-state index contributed by atoms with van der Waals surface area (Å²) in [5.74, 6) is 1.24. The van der Waals surface area contributed by atoms with Crippen LogP contribution in [-0.4, -0.2) is 37.1 Å². The molecule has 0 aliphatic heterocycles. The molecule has 0 aliphatic carbocycles. The number of hydrogen-bond donors (Lipinski definition) is 2. The molecule has 0 fully saturated rings. The van der Waals surface area contributed by atoms with Gasteiger partial charge in [0.05, 0.1) is 0 Å². The van der Waals surface area contributed by atoms with Gasteiger partial charge in [0.1, 0.15) is 11.9 Å². The monoisotopic (exact) mass is 276 g/mol. The van der Waals surface area contributed by atoms with Gasteiger partial charge in [-0.2, -0.15) is 0 Å². The van der Waals surface area contributed by atoms with Gasteiger partial charge in [0.25, 0.3) is 0 Å². The fourth-order valence-electron chi connectivity index (χ4n) is 1.79. The summed E-state index contributed by atoms with van der Waals surface area (Å²) in [5, 5.41) is 14.1. The predicted octanol–water partition coefficient (Wildman–Crippen LogP) is 1.15. The summed E-state index contributed by atoms with van der Waals surface area (Å²) in [6.45, 7) is 9.48. The summed E-state index contributed by atoms with van der Waals surface area (Å²) in [5.41, 5.74) is 0.346. The van der Waals surface area contributed by atoms with Gasteiger partial charge in [-0.25, -0.2) is 4.98 Å². The minimum Gasteiger partial charge on any atom is -0.355 e. The molecule has 1 atom stereocenters. The van der Waals surface area contributed by atoms with E-state index in [2.05, 4.69) is 25.8 Å². The Kier molecular flexibility index (Phi) is 3.61. The number of carbonyl (C=O) groups excluding carboxylic acids is 1. The van der Waals surface area contributed by atoms with E-state index in [1.165, 1.54) is 0 Å². The number of aryl methyl sites for hydroxylation is 1. The quantitative estimate of drug-likeness (QED) is 0.878. The Morgan fingerprint density at radius 3 is 2.70 bits per heavy atom. The maximum absolute atomic E-state index is 12.1. The standard InChI is InChI=1S/C13H20N6O/c1-8(12(20)16-13(3,4)5)15-10-11-18-17-9(2)19(11)7-6-14-10/h6-8H,1-5H3,(H,14,15)(H,16,20). The molecule has 0 saturated carbocycles. The number of hydrogen-bond acceptors (Lipinski definition) is 5. The first-order chi connectivity index (χ1) is 9.28. The molecule has 2 rings (SSSR count). The average Bonchev–Trinajstić information content (AvgIpc) is 2.70. The number of fused-ring (bicyclic) bond motifs is 1. The van der Waals surface area contributed by atoms with Crippen LogP contribution in [0.2, 0.25) is 0 Å². The second-order valence-electron chi connectivity index (χ2n) is 5.82. The third-order valence-electron chi connectivity index (χ3n) is 2.74. The fraction of sp³-hybridized carbons (Fsp3) is 0.538. The average molecular weight is 276 g/mol. The highest BCUT2D eigenvalue weighted by atomic mass is 16.2. The Hall–Kier alpha value is -2.18. The van der Waals surface area contributed by atoms with Crippen molar-refractivity contribution in [2.45, 2.75) is 46.2 Å². The van der Waals surface area contributed by atoms with Crippen LogP contribution in [-0.2, 0) is 4.79 Å². The molecule has 0 aliphatic rings. The van der Waals surface area contributed by atoms with Crippen molar-refractivity contribution in [3.8, 4) is 0 Å². The van der Waals surface area contributed by atoms with E-state index in [4.69, 9.17) is 0 Å². The van der Waals surface area contributed by atoms with E-state index in [1.54, 1.807) is 19.3 Å². The normalized spacial score (nSPS) is 13.2. The second kappa shape index (κ2) is 5.07. The minimum absolute atomic E-state index is 0.0856. The van der Waals surface area contributed by atoms with Gasteiger partial charge in [-0.15, -0.1) is 10.2 Å². The highest BCUT2D eigenvalue weighted by molar-refractivity contribution is 5.85. The molecular weight excluding hydrogens is 256 g/mol. The molecule has 1 amide bonds. The first-order valence-electron chi connectivity index (χ1n) is 6.53. The van der Waals surface area contributed by atoms with E-state index in [9.17, 15) is 4.79 Å². The molecule has 20 heavy (non-hydrogen) atoms. The number of aromatic nitrogens is 4. The number of anilines is 1. The Labute approximate surface area is 117 Å². The van der Waals surface area contributed by atoms with Crippen molar-refractivity contribution in [3.63, 3.8) is 0 Å². The molecule has 2 aromatic rings. The summed E-state index contributed by atoms with van der Waals surface area (Å²) in [6.07, 6.45) is 3.44. The molecular formula is C13H20N6O. The first kappa shape index (κ1) is 14.2. The number of carbonyl (C=O) groups is 1. The van der Waals surface area contributed by atoms with Crippen LogP contribution in [0, 0.1) is 6.92 Å². The fourth-order valence-corrected chi connectivity index (χ4v) is 1.79. The van der Waals surface area contributed by atoms with Crippen LogP contribution in [0.15, 0.2) is 12.4 Å². The molecule has 0 saturated heterocycles. The molecule has 0 bridgehead atoms. The third-order valence-corrected chi connectivity index (χ3v) is 2.74. The Balaban J connectivity index is 2.18. The van der Waals surface area contributed by atoms with Crippen molar-refractivity contribution < 1.29 is 4.79 Å². The number of rotatable bonds is 3. The number of nitrogens with one attached hydrogen (secondary N) is 2. The molecule has 7 heteroatoms. The van der Waals surface area contributed by atoms with Crippen LogP contribution in [0.4, 0.5) is 5.82 Å². The zero-order valence-electron chi connectivity index (χ0n) is 12.4. The molecule has 0 aromatic carbocycles. The molecule has 0 radical (unpaired) electrons. The van der Waals surface area contributed by atoms with Crippen molar-refractivity contribution in [1.29, 1.82) is 0 Å². The smallest absolute Gasteiger partial charge is 0.242 e. The summed E-state index contributed by atoms with van der Waals surface area (Å²) >= 11 is 0. The summed E-state index contributed by atoms with van der Waals surface area (Å²) in [4.78, 5) is 16.3. The maximum atomic E-state index is 12.1. The lowest BCUT2D eigenvalue weighted by Gasteiger charge is -2.23. The summed E-state index contributed by atoms with van der Waals surface area (Å²) in [7, 11) is 0. The Morgan fingerprint density at radius 2 is 2.05 bits per heavy atom. The van der Waals surface area contributed by atoms with E-state index < -0.39 is 6.04 Å².